The molecule has 0 aromatic rings. The molecular weight excluding hydrogens is 196 g/mol. The third-order valence-corrected chi connectivity index (χ3v) is 2.31. The Morgan fingerprint density at radius 2 is 2.27 bits per heavy atom. The summed E-state index contributed by atoms with van der Waals surface area (Å²) < 4.78 is 5.14. The summed E-state index contributed by atoms with van der Waals surface area (Å²) in [6, 6.07) is 0. The van der Waals surface area contributed by atoms with Crippen LogP contribution in [0.2, 0.25) is 0 Å². The van der Waals surface area contributed by atoms with E-state index in [0.29, 0.717) is 6.54 Å². The van der Waals surface area contributed by atoms with E-state index in [2.05, 4.69) is 10.6 Å². The van der Waals surface area contributed by atoms with E-state index >= 15 is 0 Å². The second-order valence-electron chi connectivity index (χ2n) is 4.99. The number of nitrogens with one attached hydrogen (secondary N) is 2. The number of carbonyl (C=O) groups is 1. The van der Waals surface area contributed by atoms with Gasteiger partial charge in [-0.1, -0.05) is 0 Å². The highest BCUT2D eigenvalue weighted by Gasteiger charge is 2.35. The molecule has 0 aromatic heterocycles. The van der Waals surface area contributed by atoms with Crippen molar-refractivity contribution in [2.75, 3.05) is 19.7 Å². The molecule has 0 spiro atoms. The van der Waals surface area contributed by atoms with Gasteiger partial charge in [-0.15, -0.1) is 0 Å². The largest absolute Gasteiger partial charge is 0.444 e. The number of hydrogen-bond donors (Lipinski definition) is 3. The van der Waals surface area contributed by atoms with Crippen LogP contribution in [0.25, 0.3) is 0 Å². The molecular formula is C10H20N2O3. The van der Waals surface area contributed by atoms with Crippen LogP contribution in [0.1, 0.15) is 27.2 Å². The topological polar surface area (TPSA) is 70.6 Å². The quantitative estimate of drug-likeness (QED) is 0.618. The van der Waals surface area contributed by atoms with Crippen molar-refractivity contribution in [2.24, 2.45) is 0 Å². The maximum atomic E-state index is 11.5. The Hall–Kier alpha value is -0.810. The van der Waals surface area contributed by atoms with Crippen LogP contribution in [-0.4, -0.2) is 42.0 Å². The zero-order valence-electron chi connectivity index (χ0n) is 9.59. The van der Waals surface area contributed by atoms with E-state index in [0.717, 1.165) is 13.0 Å². The Morgan fingerprint density at radius 1 is 1.60 bits per heavy atom. The molecule has 1 saturated heterocycles. The predicted octanol–water partition coefficient (Wildman–Crippen LogP) is 0.236. The minimum absolute atomic E-state index is 0.0702. The molecule has 1 heterocycles. The van der Waals surface area contributed by atoms with Gasteiger partial charge in [0.05, 0.1) is 12.1 Å². The Morgan fingerprint density at radius 3 is 2.67 bits per heavy atom. The Bertz CT molecular complexity index is 229. The van der Waals surface area contributed by atoms with Gasteiger partial charge in [0.15, 0.2) is 0 Å². The summed E-state index contributed by atoms with van der Waals surface area (Å²) in [5.74, 6) is 0. The molecule has 0 bridgehead atoms. The number of hydrogen-bond acceptors (Lipinski definition) is 4. The minimum Gasteiger partial charge on any atom is -0.444 e. The third-order valence-electron chi connectivity index (χ3n) is 2.31. The summed E-state index contributed by atoms with van der Waals surface area (Å²) in [6.45, 7) is 6.75. The Balaban J connectivity index is 2.49. The lowest BCUT2D eigenvalue weighted by Gasteiger charge is -2.29. The van der Waals surface area contributed by atoms with Gasteiger partial charge >= 0.3 is 6.09 Å². The van der Waals surface area contributed by atoms with E-state index in [1.807, 2.05) is 20.8 Å². The number of rotatable bonds is 2. The number of carbonyl (C=O) groups excluding carboxylic acids is 1. The van der Waals surface area contributed by atoms with Crippen LogP contribution in [0.4, 0.5) is 4.79 Å². The van der Waals surface area contributed by atoms with Crippen LogP contribution in [0.5, 0.6) is 0 Å². The van der Waals surface area contributed by atoms with Crippen molar-refractivity contribution in [3.05, 3.63) is 0 Å². The summed E-state index contributed by atoms with van der Waals surface area (Å²) in [5.41, 5.74) is -1.06. The zero-order valence-corrected chi connectivity index (χ0v) is 9.59. The lowest BCUT2D eigenvalue weighted by atomic mass is 10.0. The molecule has 0 saturated carbocycles. The SMILES string of the molecule is CC(C)(C)OC(=O)NC1(CO)CCNC1. The number of amides is 1. The molecule has 15 heavy (non-hydrogen) atoms. The predicted molar refractivity (Wildman–Crippen MR) is 56.7 cm³/mol. The van der Waals surface area contributed by atoms with Crippen molar-refractivity contribution in [2.45, 2.75) is 38.3 Å². The molecule has 1 rings (SSSR count). The molecule has 1 aliphatic heterocycles. The van der Waals surface area contributed by atoms with E-state index in [1.54, 1.807) is 0 Å². The van der Waals surface area contributed by atoms with Crippen LogP contribution in [0.3, 0.4) is 0 Å². The highest BCUT2D eigenvalue weighted by Crippen LogP contribution is 2.15. The summed E-state index contributed by atoms with van der Waals surface area (Å²) in [6.07, 6.45) is 0.253. The fraction of sp³-hybridized carbons (Fsp3) is 0.900. The molecule has 5 nitrogen and oxygen atoms in total. The fourth-order valence-electron chi connectivity index (χ4n) is 1.55. The fourth-order valence-corrected chi connectivity index (χ4v) is 1.55. The summed E-state index contributed by atoms with van der Waals surface area (Å²) in [5, 5.41) is 15.1. The standard InChI is InChI=1S/C10H20N2O3/c1-9(2,3)15-8(14)12-10(7-13)4-5-11-6-10/h11,13H,4-7H2,1-3H3,(H,12,14). The van der Waals surface area contributed by atoms with Gasteiger partial charge in [-0.05, 0) is 33.7 Å². The van der Waals surface area contributed by atoms with E-state index < -0.39 is 17.2 Å². The number of ether oxygens (including phenoxy) is 1. The van der Waals surface area contributed by atoms with Crippen molar-refractivity contribution in [1.29, 1.82) is 0 Å². The molecule has 0 radical (unpaired) electrons. The number of aliphatic hydroxyl groups excluding tert-OH is 1. The van der Waals surface area contributed by atoms with Crippen molar-refractivity contribution >= 4 is 6.09 Å². The van der Waals surface area contributed by atoms with E-state index in [1.165, 1.54) is 0 Å². The van der Waals surface area contributed by atoms with Crippen LogP contribution in [0, 0.1) is 0 Å². The van der Waals surface area contributed by atoms with Crippen LogP contribution in [0.15, 0.2) is 0 Å². The minimum atomic E-state index is -0.553. The molecule has 1 atom stereocenters. The lowest BCUT2D eigenvalue weighted by molar-refractivity contribution is 0.0416. The highest BCUT2D eigenvalue weighted by atomic mass is 16.6. The van der Waals surface area contributed by atoms with Crippen LogP contribution < -0.4 is 10.6 Å². The van der Waals surface area contributed by atoms with Crippen LogP contribution in [-0.2, 0) is 4.74 Å². The summed E-state index contributed by atoms with van der Waals surface area (Å²) >= 11 is 0. The van der Waals surface area contributed by atoms with E-state index in [-0.39, 0.29) is 6.61 Å². The maximum Gasteiger partial charge on any atom is 0.408 e. The van der Waals surface area contributed by atoms with Gasteiger partial charge < -0.3 is 20.5 Å². The maximum absolute atomic E-state index is 11.5. The lowest BCUT2D eigenvalue weighted by Crippen LogP contribution is -2.54. The molecule has 1 aliphatic rings. The first-order valence-corrected chi connectivity index (χ1v) is 5.20. The number of alkyl carbamates (subject to hydrolysis) is 1. The van der Waals surface area contributed by atoms with Crippen molar-refractivity contribution < 1.29 is 14.6 Å². The van der Waals surface area contributed by atoms with Gasteiger partial charge in [0.25, 0.3) is 0 Å². The monoisotopic (exact) mass is 216 g/mol. The normalized spacial score (nSPS) is 26.4. The molecule has 5 heteroatoms. The second kappa shape index (κ2) is 4.37. The van der Waals surface area contributed by atoms with Gasteiger partial charge in [-0.2, -0.15) is 0 Å². The summed E-state index contributed by atoms with van der Waals surface area (Å²) in [7, 11) is 0. The third kappa shape index (κ3) is 3.68. The molecule has 1 unspecified atom stereocenters. The Labute approximate surface area is 90.2 Å². The van der Waals surface area contributed by atoms with E-state index in [4.69, 9.17) is 4.74 Å². The molecule has 0 aromatic carbocycles. The van der Waals surface area contributed by atoms with Crippen molar-refractivity contribution in [3.63, 3.8) is 0 Å². The second-order valence-corrected chi connectivity index (χ2v) is 4.99. The molecule has 0 aliphatic carbocycles. The zero-order chi connectivity index (χ0) is 11.5. The van der Waals surface area contributed by atoms with E-state index in [9.17, 15) is 9.90 Å². The van der Waals surface area contributed by atoms with Crippen molar-refractivity contribution in [1.82, 2.24) is 10.6 Å². The summed E-state index contributed by atoms with van der Waals surface area (Å²) in [4.78, 5) is 11.5. The average Bonchev–Trinajstić information content (AvgIpc) is 2.50. The van der Waals surface area contributed by atoms with Crippen LogP contribution >= 0.6 is 0 Å². The van der Waals surface area contributed by atoms with Gasteiger partial charge in [0.2, 0.25) is 0 Å². The Kier molecular flexibility index (Phi) is 3.57. The first kappa shape index (κ1) is 12.3. The average molecular weight is 216 g/mol. The van der Waals surface area contributed by atoms with Gasteiger partial charge in [0, 0.05) is 6.54 Å². The molecule has 88 valence electrons. The van der Waals surface area contributed by atoms with Gasteiger partial charge in [-0.3, -0.25) is 0 Å². The molecule has 1 amide bonds. The first-order valence-electron chi connectivity index (χ1n) is 5.20. The first-order chi connectivity index (χ1) is 6.87. The molecule has 3 N–H and O–H groups in total. The van der Waals surface area contributed by atoms with Gasteiger partial charge in [-0.25, -0.2) is 4.79 Å². The smallest absolute Gasteiger partial charge is 0.408 e. The van der Waals surface area contributed by atoms with Gasteiger partial charge in [0.1, 0.15) is 5.60 Å². The molecule has 1 fully saturated rings. The van der Waals surface area contributed by atoms with Crippen molar-refractivity contribution in [3.8, 4) is 0 Å². The highest BCUT2D eigenvalue weighted by molar-refractivity contribution is 5.69. The number of aliphatic hydroxyl groups is 1.